The van der Waals surface area contributed by atoms with E-state index in [1.54, 1.807) is 0 Å². The Hall–Kier alpha value is -1.01. The number of aromatic nitrogens is 2. The summed E-state index contributed by atoms with van der Waals surface area (Å²) in [6.07, 6.45) is 1.95. The predicted octanol–water partition coefficient (Wildman–Crippen LogP) is 2.19. The molecule has 5 nitrogen and oxygen atoms in total. The van der Waals surface area contributed by atoms with Crippen LogP contribution in [0.5, 0.6) is 0 Å². The van der Waals surface area contributed by atoms with Crippen LogP contribution < -0.4 is 11.1 Å². The van der Waals surface area contributed by atoms with Crippen molar-refractivity contribution in [3.63, 3.8) is 0 Å². The first-order chi connectivity index (χ1) is 8.26. The maximum atomic E-state index is 11.7. The SMILES string of the molecule is CC(C)Cc1nnc(NC(=O)CCC(C)(C)N)s1. The van der Waals surface area contributed by atoms with Crippen molar-refractivity contribution < 1.29 is 4.79 Å². The Morgan fingerprint density at radius 1 is 1.44 bits per heavy atom. The van der Waals surface area contributed by atoms with Gasteiger partial charge >= 0.3 is 0 Å². The molecule has 0 spiro atoms. The van der Waals surface area contributed by atoms with Crippen molar-refractivity contribution >= 4 is 22.4 Å². The molecule has 3 N–H and O–H groups in total. The van der Waals surface area contributed by atoms with E-state index >= 15 is 0 Å². The average Bonchev–Trinajstić information content (AvgIpc) is 2.60. The van der Waals surface area contributed by atoms with E-state index in [2.05, 4.69) is 29.4 Å². The number of nitrogens with one attached hydrogen (secondary N) is 1. The lowest BCUT2D eigenvalue weighted by Gasteiger charge is -2.17. The molecule has 0 aliphatic heterocycles. The summed E-state index contributed by atoms with van der Waals surface area (Å²) in [7, 11) is 0. The van der Waals surface area contributed by atoms with E-state index in [4.69, 9.17) is 5.73 Å². The van der Waals surface area contributed by atoms with Crippen molar-refractivity contribution in [3.05, 3.63) is 5.01 Å². The Bertz CT molecular complexity index is 395. The molecule has 1 heterocycles. The monoisotopic (exact) mass is 270 g/mol. The van der Waals surface area contributed by atoms with E-state index in [9.17, 15) is 4.79 Å². The molecule has 102 valence electrons. The van der Waals surface area contributed by atoms with E-state index in [0.717, 1.165) is 11.4 Å². The second kappa shape index (κ2) is 6.24. The molecule has 1 amide bonds. The second-order valence-corrected chi connectivity index (χ2v) is 6.70. The molecule has 0 aliphatic rings. The first-order valence-corrected chi connectivity index (χ1v) is 6.99. The van der Waals surface area contributed by atoms with Crippen LogP contribution in [-0.4, -0.2) is 21.6 Å². The quantitative estimate of drug-likeness (QED) is 0.830. The molecule has 0 aliphatic carbocycles. The van der Waals surface area contributed by atoms with Crippen molar-refractivity contribution in [2.45, 2.75) is 52.5 Å². The lowest BCUT2D eigenvalue weighted by molar-refractivity contribution is -0.116. The Labute approximate surface area is 112 Å². The van der Waals surface area contributed by atoms with Gasteiger partial charge in [-0.2, -0.15) is 0 Å². The van der Waals surface area contributed by atoms with E-state index in [-0.39, 0.29) is 11.4 Å². The van der Waals surface area contributed by atoms with Gasteiger partial charge < -0.3 is 11.1 Å². The zero-order valence-electron chi connectivity index (χ0n) is 11.5. The minimum Gasteiger partial charge on any atom is -0.326 e. The topological polar surface area (TPSA) is 80.9 Å². The van der Waals surface area contributed by atoms with Gasteiger partial charge in [-0.25, -0.2) is 0 Å². The normalized spacial score (nSPS) is 11.9. The number of hydrogen-bond acceptors (Lipinski definition) is 5. The highest BCUT2D eigenvalue weighted by Crippen LogP contribution is 2.18. The zero-order chi connectivity index (χ0) is 13.8. The number of nitrogens with zero attached hydrogens (tertiary/aromatic N) is 2. The maximum absolute atomic E-state index is 11.7. The van der Waals surface area contributed by atoms with Crippen LogP contribution in [0.15, 0.2) is 0 Å². The largest absolute Gasteiger partial charge is 0.326 e. The highest BCUT2D eigenvalue weighted by Gasteiger charge is 2.14. The lowest BCUT2D eigenvalue weighted by atomic mass is 10.00. The van der Waals surface area contributed by atoms with Gasteiger partial charge in [0.25, 0.3) is 0 Å². The Morgan fingerprint density at radius 3 is 2.67 bits per heavy atom. The second-order valence-electron chi connectivity index (χ2n) is 5.64. The molecule has 6 heteroatoms. The number of hydrogen-bond donors (Lipinski definition) is 2. The van der Waals surface area contributed by atoms with Crippen molar-refractivity contribution in [3.8, 4) is 0 Å². The maximum Gasteiger partial charge on any atom is 0.226 e. The van der Waals surface area contributed by atoms with Gasteiger partial charge in [0.1, 0.15) is 5.01 Å². The molecule has 0 unspecified atom stereocenters. The molecule has 0 atom stereocenters. The number of anilines is 1. The molecule has 0 saturated carbocycles. The van der Waals surface area contributed by atoms with E-state index in [0.29, 0.717) is 23.9 Å². The molecule has 0 aromatic carbocycles. The van der Waals surface area contributed by atoms with Gasteiger partial charge in [0.15, 0.2) is 0 Å². The van der Waals surface area contributed by atoms with Crippen molar-refractivity contribution in [2.75, 3.05) is 5.32 Å². The minimum absolute atomic E-state index is 0.0548. The van der Waals surface area contributed by atoms with Crippen LogP contribution in [0.4, 0.5) is 5.13 Å². The van der Waals surface area contributed by atoms with Gasteiger partial charge in [-0.1, -0.05) is 25.2 Å². The Balaban J connectivity index is 2.42. The highest BCUT2D eigenvalue weighted by atomic mass is 32.1. The van der Waals surface area contributed by atoms with Gasteiger partial charge in [-0.15, -0.1) is 10.2 Å². The first kappa shape index (κ1) is 15.0. The molecule has 1 aromatic heterocycles. The lowest BCUT2D eigenvalue weighted by Crippen LogP contribution is -2.33. The highest BCUT2D eigenvalue weighted by molar-refractivity contribution is 7.15. The molecule has 0 bridgehead atoms. The van der Waals surface area contributed by atoms with E-state index in [1.807, 2.05) is 13.8 Å². The molecule has 1 aromatic rings. The molecule has 0 fully saturated rings. The molecule has 1 rings (SSSR count). The number of nitrogens with two attached hydrogens (primary N) is 1. The smallest absolute Gasteiger partial charge is 0.226 e. The molecular formula is C12H22N4OS. The van der Waals surface area contributed by atoms with Gasteiger partial charge in [0, 0.05) is 18.4 Å². The number of carbonyl (C=O) groups excluding carboxylic acids is 1. The molecule has 0 radical (unpaired) electrons. The zero-order valence-corrected chi connectivity index (χ0v) is 12.3. The summed E-state index contributed by atoms with van der Waals surface area (Å²) in [5.74, 6) is 0.486. The summed E-state index contributed by atoms with van der Waals surface area (Å²) >= 11 is 1.44. The molecule has 18 heavy (non-hydrogen) atoms. The van der Waals surface area contributed by atoms with Crippen molar-refractivity contribution in [2.24, 2.45) is 11.7 Å². The third kappa shape index (κ3) is 6.07. The number of carbonyl (C=O) groups is 1. The third-order valence-electron chi connectivity index (χ3n) is 2.29. The predicted molar refractivity (Wildman–Crippen MR) is 74.6 cm³/mol. The minimum atomic E-state index is -0.318. The van der Waals surface area contributed by atoms with E-state index < -0.39 is 0 Å². The summed E-state index contributed by atoms with van der Waals surface area (Å²) < 4.78 is 0. The van der Waals surface area contributed by atoms with Crippen LogP contribution in [0.2, 0.25) is 0 Å². The number of rotatable bonds is 6. The number of amides is 1. The van der Waals surface area contributed by atoms with Crippen LogP contribution in [0.1, 0.15) is 45.5 Å². The van der Waals surface area contributed by atoms with Crippen LogP contribution in [-0.2, 0) is 11.2 Å². The van der Waals surface area contributed by atoms with Crippen molar-refractivity contribution in [1.29, 1.82) is 0 Å². The fourth-order valence-corrected chi connectivity index (χ4v) is 2.32. The Morgan fingerprint density at radius 2 is 2.11 bits per heavy atom. The summed E-state index contributed by atoms with van der Waals surface area (Å²) in [5, 5.41) is 12.3. The average molecular weight is 270 g/mol. The van der Waals surface area contributed by atoms with Gasteiger partial charge in [0.05, 0.1) is 0 Å². The van der Waals surface area contributed by atoms with Gasteiger partial charge in [-0.05, 0) is 26.2 Å². The fourth-order valence-electron chi connectivity index (χ4n) is 1.35. The summed E-state index contributed by atoms with van der Waals surface area (Å²) in [6, 6.07) is 0. The summed E-state index contributed by atoms with van der Waals surface area (Å²) in [5.41, 5.74) is 5.51. The van der Waals surface area contributed by atoms with Crippen LogP contribution >= 0.6 is 11.3 Å². The van der Waals surface area contributed by atoms with E-state index in [1.165, 1.54) is 11.3 Å². The van der Waals surface area contributed by atoms with Crippen LogP contribution in [0, 0.1) is 5.92 Å². The van der Waals surface area contributed by atoms with Crippen LogP contribution in [0.3, 0.4) is 0 Å². The summed E-state index contributed by atoms with van der Waals surface area (Å²) in [4.78, 5) is 11.7. The molecule has 0 saturated heterocycles. The standard InChI is InChI=1S/C12H22N4OS/c1-8(2)7-10-15-16-11(18-10)14-9(17)5-6-12(3,4)13/h8H,5-7,13H2,1-4H3,(H,14,16,17). The summed E-state index contributed by atoms with van der Waals surface area (Å²) in [6.45, 7) is 8.07. The third-order valence-corrected chi connectivity index (χ3v) is 3.15. The fraction of sp³-hybridized carbons (Fsp3) is 0.750. The van der Waals surface area contributed by atoms with Gasteiger partial charge in [-0.3, -0.25) is 4.79 Å². The van der Waals surface area contributed by atoms with Crippen molar-refractivity contribution in [1.82, 2.24) is 10.2 Å². The molecular weight excluding hydrogens is 248 g/mol. The first-order valence-electron chi connectivity index (χ1n) is 6.17. The van der Waals surface area contributed by atoms with Crippen LogP contribution in [0.25, 0.3) is 0 Å². The Kier molecular flexibility index (Phi) is 5.22. The van der Waals surface area contributed by atoms with Gasteiger partial charge in [0.2, 0.25) is 11.0 Å².